The number of hydrogen-bond acceptors (Lipinski definition) is 7. The van der Waals surface area contributed by atoms with Crippen LogP contribution in [0, 0.1) is 5.92 Å². The van der Waals surface area contributed by atoms with Crippen LogP contribution >= 0.6 is 54.9 Å². The van der Waals surface area contributed by atoms with Gasteiger partial charge in [0.25, 0.3) is 0 Å². The molecule has 3 aliphatic rings. The Balaban J connectivity index is 1.36. The van der Waals surface area contributed by atoms with E-state index in [-0.39, 0.29) is 6.23 Å². The summed E-state index contributed by atoms with van der Waals surface area (Å²) < 4.78 is 13.9. The van der Waals surface area contributed by atoms with Crippen LogP contribution in [-0.4, -0.2) is 47.8 Å². The van der Waals surface area contributed by atoms with Crippen LogP contribution in [0.15, 0.2) is 31.0 Å². The number of methoxy groups -OCH3 is 1. The molecule has 0 amide bonds. The third kappa shape index (κ3) is 4.73. The SMILES string of the molecule is COC1CC=C(CNc2nc(Cl)c(CC3CNI4N=CC(Cl)=C[C@H]34)s2)C=N1. The minimum atomic E-state index is -1.51. The van der Waals surface area contributed by atoms with Crippen molar-refractivity contribution in [3.05, 3.63) is 32.8 Å². The molecule has 1 saturated heterocycles. The van der Waals surface area contributed by atoms with E-state index in [0.717, 1.165) is 40.0 Å². The number of nitrogens with one attached hydrogen (secondary N) is 2. The van der Waals surface area contributed by atoms with Gasteiger partial charge in [-0.3, -0.25) is 0 Å². The number of rotatable bonds is 6. The van der Waals surface area contributed by atoms with E-state index in [1.165, 1.54) is 0 Å². The Morgan fingerprint density at radius 2 is 2.30 bits per heavy atom. The first-order valence-corrected chi connectivity index (χ1v) is 13.5. The number of alkyl halides is 1. The van der Waals surface area contributed by atoms with Gasteiger partial charge in [0, 0.05) is 7.11 Å². The first kappa shape index (κ1) is 19.8. The molecule has 0 bridgehead atoms. The maximum atomic E-state index is 6.41. The molecule has 0 spiro atoms. The zero-order valence-corrected chi connectivity index (χ0v) is 19.1. The van der Waals surface area contributed by atoms with Gasteiger partial charge in [0.15, 0.2) is 0 Å². The van der Waals surface area contributed by atoms with Crippen molar-refractivity contribution in [2.75, 3.05) is 25.5 Å². The molecule has 0 saturated carbocycles. The van der Waals surface area contributed by atoms with Crippen molar-refractivity contribution < 1.29 is 4.74 Å². The summed E-state index contributed by atoms with van der Waals surface area (Å²) in [6.45, 7) is 1.65. The number of fused-ring (bicyclic) bond motifs is 1. The molecule has 0 aliphatic carbocycles. The average molecular weight is 540 g/mol. The fourth-order valence-corrected chi connectivity index (χ4v) is 9.82. The predicted molar refractivity (Wildman–Crippen MR) is 123 cm³/mol. The maximum absolute atomic E-state index is 6.41. The molecular weight excluding hydrogens is 520 g/mol. The van der Waals surface area contributed by atoms with E-state index in [4.69, 9.17) is 27.9 Å². The van der Waals surface area contributed by atoms with Crippen LogP contribution in [0.4, 0.5) is 5.13 Å². The number of halogens is 3. The molecular formula is C17H20Cl2IN5OS. The van der Waals surface area contributed by atoms with Crippen LogP contribution in [0.25, 0.3) is 0 Å². The Bertz CT molecular complexity index is 824. The van der Waals surface area contributed by atoms with Gasteiger partial charge in [0.05, 0.1) is 0 Å². The Kier molecular flexibility index (Phi) is 6.50. The van der Waals surface area contributed by atoms with Crippen LogP contribution in [0.5, 0.6) is 0 Å². The van der Waals surface area contributed by atoms with Crippen molar-refractivity contribution in [2.45, 2.75) is 23.0 Å². The van der Waals surface area contributed by atoms with Gasteiger partial charge in [-0.1, -0.05) is 0 Å². The normalized spacial score (nSPS) is 28.1. The van der Waals surface area contributed by atoms with Crippen LogP contribution < -0.4 is 8.85 Å². The predicted octanol–water partition coefficient (Wildman–Crippen LogP) is 4.26. The summed E-state index contributed by atoms with van der Waals surface area (Å²) in [6.07, 6.45) is 9.59. The van der Waals surface area contributed by atoms with Crippen LogP contribution in [-0.2, 0) is 11.2 Å². The number of aromatic nitrogens is 1. The number of anilines is 1. The summed E-state index contributed by atoms with van der Waals surface area (Å²) in [5.74, 6) is 0.478. The molecule has 4 heterocycles. The van der Waals surface area contributed by atoms with Gasteiger partial charge in [-0.25, -0.2) is 0 Å². The molecule has 4 rings (SSSR count). The standard InChI is InChI=1S/C17H20Cl2IN5OS/c1-26-15-3-2-10(6-21-15)7-22-17-25-16(19)14(27-17)4-11-8-23-20-13(11)5-12(18)9-24-20/h2,5-6,9,11,13,15,23H,3-4,7-8H2,1H3,(H,22,25)/t11?,13-,15?/m1/s1. The summed E-state index contributed by atoms with van der Waals surface area (Å²) in [5, 5.41) is 5.54. The van der Waals surface area contributed by atoms with Crippen LogP contribution in [0.1, 0.15) is 11.3 Å². The van der Waals surface area contributed by atoms with E-state index in [9.17, 15) is 0 Å². The molecule has 2 unspecified atom stereocenters. The van der Waals surface area contributed by atoms with E-state index in [1.54, 1.807) is 24.7 Å². The van der Waals surface area contributed by atoms with Gasteiger partial charge >= 0.3 is 169 Å². The molecule has 146 valence electrons. The molecule has 0 radical (unpaired) electrons. The number of nitrogens with zero attached hydrogens (tertiary/aromatic N) is 3. The van der Waals surface area contributed by atoms with Gasteiger partial charge in [-0.05, 0) is 0 Å². The first-order valence-electron chi connectivity index (χ1n) is 8.60. The van der Waals surface area contributed by atoms with Crippen LogP contribution in [0.3, 0.4) is 0 Å². The molecule has 10 heteroatoms. The van der Waals surface area contributed by atoms with Gasteiger partial charge in [0.1, 0.15) is 0 Å². The Labute approximate surface area is 180 Å². The van der Waals surface area contributed by atoms with Crippen molar-refractivity contribution in [3.8, 4) is 0 Å². The van der Waals surface area contributed by atoms with E-state index >= 15 is 0 Å². The summed E-state index contributed by atoms with van der Waals surface area (Å²) in [6, 6.07) is 0. The number of ether oxygens (including phenoxy) is 1. The molecule has 27 heavy (non-hydrogen) atoms. The monoisotopic (exact) mass is 539 g/mol. The molecule has 1 aromatic rings. The minimum absolute atomic E-state index is 0.0609. The fraction of sp³-hybridized carbons (Fsp3) is 0.471. The zero-order valence-electron chi connectivity index (χ0n) is 14.7. The van der Waals surface area contributed by atoms with Crippen molar-refractivity contribution in [2.24, 2.45) is 14.1 Å². The summed E-state index contributed by atoms with van der Waals surface area (Å²) in [7, 11) is 1.67. The second-order valence-electron chi connectivity index (χ2n) is 6.39. The van der Waals surface area contributed by atoms with Gasteiger partial charge in [0.2, 0.25) is 0 Å². The number of hydrogen-bond donors (Lipinski definition) is 2. The molecule has 2 N–H and O–H groups in total. The van der Waals surface area contributed by atoms with Crippen molar-refractivity contribution in [3.63, 3.8) is 0 Å². The second kappa shape index (κ2) is 8.87. The van der Waals surface area contributed by atoms with E-state index in [0.29, 0.717) is 21.5 Å². The number of aliphatic imine (C=N–C) groups is 1. The number of thiazole rings is 1. The summed E-state index contributed by atoms with van der Waals surface area (Å²) >= 11 is 12.7. The van der Waals surface area contributed by atoms with Gasteiger partial charge in [-0.2, -0.15) is 0 Å². The third-order valence-corrected chi connectivity index (χ3v) is 11.1. The van der Waals surface area contributed by atoms with Crippen molar-refractivity contribution >= 4 is 72.5 Å². The van der Waals surface area contributed by atoms with Crippen LogP contribution in [0.2, 0.25) is 5.15 Å². The summed E-state index contributed by atoms with van der Waals surface area (Å²) in [4.78, 5) is 9.95. The fourth-order valence-electron chi connectivity index (χ4n) is 3.09. The summed E-state index contributed by atoms with van der Waals surface area (Å²) in [5.41, 5.74) is 1.13. The van der Waals surface area contributed by atoms with E-state index in [1.807, 2.05) is 6.21 Å². The van der Waals surface area contributed by atoms with Crippen molar-refractivity contribution in [1.29, 1.82) is 0 Å². The Morgan fingerprint density at radius 1 is 1.41 bits per heavy atom. The van der Waals surface area contributed by atoms with Gasteiger partial charge in [-0.15, -0.1) is 0 Å². The molecule has 0 aromatic carbocycles. The quantitative estimate of drug-likeness (QED) is 0.322. The average Bonchev–Trinajstić information content (AvgIpc) is 3.24. The molecule has 1 aromatic heterocycles. The number of dihydropyridines is 1. The molecule has 3 atom stereocenters. The molecule has 3 aliphatic heterocycles. The van der Waals surface area contributed by atoms with E-state index in [2.05, 4.69) is 34.2 Å². The Hall–Kier alpha value is -0.520. The third-order valence-electron chi connectivity index (χ3n) is 4.56. The van der Waals surface area contributed by atoms with Gasteiger partial charge < -0.3 is 4.74 Å². The molecule has 1 fully saturated rings. The van der Waals surface area contributed by atoms with E-state index < -0.39 is 20.4 Å². The topological polar surface area (TPSA) is 70.9 Å². The van der Waals surface area contributed by atoms with Crippen molar-refractivity contribution in [1.82, 2.24) is 8.51 Å². The molecule has 6 nitrogen and oxygen atoms in total. The number of allylic oxidation sites excluding steroid dienone is 2. The Morgan fingerprint density at radius 3 is 3.07 bits per heavy atom. The zero-order chi connectivity index (χ0) is 18.8. The second-order valence-corrected chi connectivity index (χ2v) is 12.7. The first-order chi connectivity index (χ1) is 13.1.